The van der Waals surface area contributed by atoms with Crippen LogP contribution in [0.3, 0.4) is 0 Å². The number of aromatic nitrogens is 2. The van der Waals surface area contributed by atoms with Crippen LogP contribution < -0.4 is 5.32 Å². The second kappa shape index (κ2) is 6.38. The average molecular weight is 276 g/mol. The molecule has 0 aromatic carbocycles. The maximum Gasteiger partial charge on any atom is 0.324 e. The molecule has 6 heteroatoms. The number of amides is 2. The summed E-state index contributed by atoms with van der Waals surface area (Å²) in [6.07, 6.45) is 4.48. The molecule has 0 aliphatic carbocycles. The van der Waals surface area contributed by atoms with Gasteiger partial charge in [0.2, 0.25) is 5.95 Å². The van der Waals surface area contributed by atoms with E-state index < -0.39 is 5.60 Å². The molecule has 1 saturated heterocycles. The first-order chi connectivity index (χ1) is 9.57. The topological polar surface area (TPSA) is 81.2 Å². The average Bonchev–Trinajstić information content (AvgIpc) is 2.52. The van der Waals surface area contributed by atoms with Gasteiger partial charge in [-0.2, -0.15) is 0 Å². The molecule has 0 spiro atoms. The van der Waals surface area contributed by atoms with E-state index in [1.165, 1.54) is 0 Å². The van der Waals surface area contributed by atoms with Gasteiger partial charge in [0.15, 0.2) is 0 Å². The molecule has 6 nitrogen and oxygen atoms in total. The Balaban J connectivity index is 2.00. The molecule has 2 heterocycles. The molecule has 2 amide bonds. The number of nitrogens with zero attached hydrogens (tertiary/aromatic N) is 2. The number of hydrogen-bond donors (Lipinski definition) is 3. The van der Waals surface area contributed by atoms with E-state index in [4.69, 9.17) is 0 Å². The summed E-state index contributed by atoms with van der Waals surface area (Å²) in [5, 5.41) is 12.6. The molecule has 0 bridgehead atoms. The van der Waals surface area contributed by atoms with E-state index in [1.54, 1.807) is 30.3 Å². The highest BCUT2D eigenvalue weighted by Gasteiger charge is 2.29. The van der Waals surface area contributed by atoms with E-state index in [2.05, 4.69) is 15.3 Å². The Morgan fingerprint density at radius 2 is 2.05 bits per heavy atom. The number of aromatic amines is 1. The number of carbonyl (C=O) groups excluding carboxylic acids is 1. The number of rotatable bonds is 1. The van der Waals surface area contributed by atoms with E-state index in [0.717, 1.165) is 0 Å². The van der Waals surface area contributed by atoms with Crippen LogP contribution in [0, 0.1) is 0 Å². The third kappa shape index (κ3) is 4.24. The number of carbonyl (C=O) groups is 1. The van der Waals surface area contributed by atoms with Crippen LogP contribution in [0.5, 0.6) is 0 Å². The van der Waals surface area contributed by atoms with Gasteiger partial charge in [-0.3, -0.25) is 5.32 Å². The summed E-state index contributed by atoms with van der Waals surface area (Å²) >= 11 is 0. The Hall–Kier alpha value is -2.08. The summed E-state index contributed by atoms with van der Waals surface area (Å²) in [5.41, 5.74) is -0.665. The van der Waals surface area contributed by atoms with Crippen molar-refractivity contribution in [1.82, 2.24) is 14.9 Å². The lowest BCUT2D eigenvalue weighted by atomic mass is 9.94. The van der Waals surface area contributed by atoms with Gasteiger partial charge in [0, 0.05) is 25.5 Å². The highest BCUT2D eigenvalue weighted by Crippen LogP contribution is 2.21. The number of H-pyrrole nitrogens is 1. The Kier molecular flexibility index (Phi) is 4.57. The molecule has 2 rings (SSSR count). The molecule has 1 aromatic heterocycles. The van der Waals surface area contributed by atoms with Crippen molar-refractivity contribution in [2.45, 2.75) is 25.4 Å². The highest BCUT2D eigenvalue weighted by atomic mass is 16.3. The summed E-state index contributed by atoms with van der Waals surface area (Å²) in [6.45, 7) is 2.88. The van der Waals surface area contributed by atoms with E-state index in [-0.39, 0.29) is 6.03 Å². The smallest absolute Gasteiger partial charge is 0.324 e. The van der Waals surface area contributed by atoms with Crippen molar-refractivity contribution < 1.29 is 9.90 Å². The fraction of sp³-hybridized carbons (Fsp3) is 0.429. The van der Waals surface area contributed by atoms with Crippen molar-refractivity contribution in [3.63, 3.8) is 0 Å². The zero-order valence-electron chi connectivity index (χ0n) is 11.5. The third-order valence-corrected chi connectivity index (χ3v) is 3.29. The van der Waals surface area contributed by atoms with Crippen LogP contribution in [-0.2, 0) is 0 Å². The van der Waals surface area contributed by atoms with Crippen LogP contribution >= 0.6 is 0 Å². The number of piperidine rings is 1. The van der Waals surface area contributed by atoms with Gasteiger partial charge < -0.3 is 15.0 Å². The van der Waals surface area contributed by atoms with Crippen molar-refractivity contribution in [1.29, 1.82) is 0 Å². The predicted molar refractivity (Wildman–Crippen MR) is 76.7 cm³/mol. The normalized spacial score (nSPS) is 17.2. The van der Waals surface area contributed by atoms with E-state index in [1.807, 2.05) is 18.2 Å². The van der Waals surface area contributed by atoms with Gasteiger partial charge in [0.05, 0.1) is 5.60 Å². The Morgan fingerprint density at radius 3 is 2.80 bits per heavy atom. The molecule has 108 valence electrons. The summed E-state index contributed by atoms with van der Waals surface area (Å²) in [7, 11) is 0. The van der Waals surface area contributed by atoms with Crippen LogP contribution in [-0.4, -0.2) is 44.7 Å². The first kappa shape index (κ1) is 14.3. The second-order valence-electron chi connectivity index (χ2n) is 5.12. The molecule has 20 heavy (non-hydrogen) atoms. The van der Waals surface area contributed by atoms with Gasteiger partial charge in [-0.05, 0) is 31.9 Å². The number of hydrogen-bond acceptors (Lipinski definition) is 3. The van der Waals surface area contributed by atoms with E-state index >= 15 is 0 Å². The first-order valence-corrected chi connectivity index (χ1v) is 6.68. The second-order valence-corrected chi connectivity index (χ2v) is 5.12. The van der Waals surface area contributed by atoms with Gasteiger partial charge in [-0.1, -0.05) is 12.1 Å². The fourth-order valence-electron chi connectivity index (χ4n) is 1.96. The lowest BCUT2D eigenvalue weighted by Crippen LogP contribution is -2.46. The molecular formula is C14H20N4O2. The number of anilines is 1. The van der Waals surface area contributed by atoms with Crippen molar-refractivity contribution in [2.24, 2.45) is 0 Å². The molecule has 1 aromatic rings. The molecule has 1 fully saturated rings. The van der Waals surface area contributed by atoms with Gasteiger partial charge in [-0.15, -0.1) is 0 Å². The van der Waals surface area contributed by atoms with Crippen LogP contribution in [0.1, 0.15) is 19.8 Å². The van der Waals surface area contributed by atoms with Crippen LogP contribution in [0.4, 0.5) is 10.7 Å². The zero-order valence-corrected chi connectivity index (χ0v) is 11.5. The van der Waals surface area contributed by atoms with Crippen molar-refractivity contribution in [2.75, 3.05) is 18.4 Å². The largest absolute Gasteiger partial charge is 0.390 e. The van der Waals surface area contributed by atoms with E-state index in [0.29, 0.717) is 31.9 Å². The summed E-state index contributed by atoms with van der Waals surface area (Å²) in [4.78, 5) is 20.8. The highest BCUT2D eigenvalue weighted by molar-refractivity contribution is 5.87. The van der Waals surface area contributed by atoms with Gasteiger partial charge in [0.25, 0.3) is 0 Å². The quantitative estimate of drug-likeness (QED) is 0.733. The molecule has 0 radical (unpaired) electrons. The molecule has 1 aliphatic rings. The van der Waals surface area contributed by atoms with Gasteiger partial charge in [0.1, 0.15) is 0 Å². The van der Waals surface area contributed by atoms with Crippen molar-refractivity contribution in [3.8, 4) is 0 Å². The zero-order chi connectivity index (χ0) is 14.4. The lowest BCUT2D eigenvalue weighted by Gasteiger charge is -2.35. The first-order valence-electron chi connectivity index (χ1n) is 6.68. The van der Waals surface area contributed by atoms with Crippen LogP contribution in [0.2, 0.25) is 0 Å². The number of urea groups is 1. The molecule has 0 saturated carbocycles. The number of nitrogens with one attached hydrogen (secondary N) is 2. The monoisotopic (exact) mass is 276 g/mol. The molecule has 1 aliphatic heterocycles. The molecule has 3 N–H and O–H groups in total. The minimum Gasteiger partial charge on any atom is -0.390 e. The molecular weight excluding hydrogens is 256 g/mol. The van der Waals surface area contributed by atoms with Gasteiger partial charge >= 0.3 is 6.03 Å². The summed E-state index contributed by atoms with van der Waals surface area (Å²) in [6, 6.07) is 7.09. The summed E-state index contributed by atoms with van der Waals surface area (Å²) < 4.78 is 0. The predicted octanol–water partition coefficient (Wildman–Crippen LogP) is 1.91. The van der Waals surface area contributed by atoms with Crippen molar-refractivity contribution in [3.05, 3.63) is 36.7 Å². The Bertz CT molecular complexity index is 477. The fourth-order valence-corrected chi connectivity index (χ4v) is 1.96. The lowest BCUT2D eigenvalue weighted by molar-refractivity contribution is 0.00569. The Morgan fingerprint density at radius 1 is 1.35 bits per heavy atom. The minimum atomic E-state index is -0.665. The number of likely N-dealkylation sites (tertiary alicyclic amines) is 1. The molecule has 0 atom stereocenters. The SMILES string of the molecule is CC1(O)CCN(C(=O)Nc2ncccccc[nH]2)CC1. The van der Waals surface area contributed by atoms with Crippen molar-refractivity contribution >= 4 is 12.0 Å². The maximum atomic E-state index is 12.1. The van der Waals surface area contributed by atoms with Crippen LogP contribution in [0.25, 0.3) is 0 Å². The Labute approximate surface area is 118 Å². The third-order valence-electron chi connectivity index (χ3n) is 3.29. The minimum absolute atomic E-state index is 0.208. The molecule has 0 unspecified atom stereocenters. The standard InChI is InChI=1S/C14H20N4O2/c1-14(20)6-10-18(11-7-14)13(19)17-12-15-8-4-2-3-5-9-16-12/h2-5,8-9,20H,6-7,10-11H2,1H3,(H2,15,16,17,19). The number of aliphatic hydroxyl groups is 1. The van der Waals surface area contributed by atoms with Crippen LogP contribution in [0.15, 0.2) is 36.7 Å². The van der Waals surface area contributed by atoms with Gasteiger partial charge in [-0.25, -0.2) is 9.78 Å². The summed E-state index contributed by atoms with van der Waals surface area (Å²) in [5.74, 6) is 0.378. The van der Waals surface area contributed by atoms with E-state index in [9.17, 15) is 9.90 Å². The maximum absolute atomic E-state index is 12.1.